The second-order valence-electron chi connectivity index (χ2n) is 5.55. The van der Waals surface area contributed by atoms with Crippen molar-refractivity contribution in [1.82, 2.24) is 0 Å². The lowest BCUT2D eigenvalue weighted by molar-refractivity contribution is 0.0120. The first-order valence-corrected chi connectivity index (χ1v) is 7.57. The van der Waals surface area contributed by atoms with Crippen LogP contribution in [0.15, 0.2) is 0 Å². The molecule has 0 spiro atoms. The Morgan fingerprint density at radius 2 is 2.00 bits per heavy atom. The Labute approximate surface area is 105 Å². The largest absolute Gasteiger partial charge is 0.379 e. The molecule has 0 aromatic rings. The van der Waals surface area contributed by atoms with Gasteiger partial charge in [0.1, 0.15) is 0 Å². The summed E-state index contributed by atoms with van der Waals surface area (Å²) in [6.45, 7) is 4.27. The van der Waals surface area contributed by atoms with Gasteiger partial charge in [-0.05, 0) is 63.4 Å². The van der Waals surface area contributed by atoms with Gasteiger partial charge in [-0.25, -0.2) is 0 Å². The van der Waals surface area contributed by atoms with Gasteiger partial charge in [-0.2, -0.15) is 11.8 Å². The molecule has 1 atom stereocenters. The molecule has 0 saturated carbocycles. The number of hydrogen-bond acceptors (Lipinski definition) is 3. The van der Waals surface area contributed by atoms with Crippen LogP contribution in [0.5, 0.6) is 0 Å². The molecule has 2 nitrogen and oxygen atoms in total. The molecule has 0 amide bonds. The van der Waals surface area contributed by atoms with Crippen molar-refractivity contribution in [3.8, 4) is 0 Å². The summed E-state index contributed by atoms with van der Waals surface area (Å²) in [4.78, 5) is 0. The fourth-order valence-corrected chi connectivity index (χ4v) is 3.37. The molecule has 1 fully saturated rings. The number of thioether (sulfide) groups is 1. The average molecular weight is 245 g/mol. The van der Waals surface area contributed by atoms with Gasteiger partial charge >= 0.3 is 0 Å². The molecule has 0 radical (unpaired) electrons. The summed E-state index contributed by atoms with van der Waals surface area (Å²) in [5.74, 6) is 3.55. The number of ether oxygens (including phenoxy) is 1. The molecule has 1 saturated heterocycles. The lowest BCUT2D eigenvalue weighted by Crippen LogP contribution is -2.30. The second-order valence-corrected chi connectivity index (χ2v) is 6.78. The van der Waals surface area contributed by atoms with Gasteiger partial charge in [-0.15, -0.1) is 0 Å². The molecule has 3 heteroatoms. The van der Waals surface area contributed by atoms with E-state index < -0.39 is 0 Å². The molecule has 0 aromatic heterocycles. The standard InChI is InChI=1S/C13H27NOS/c1-13(2,15-3)7-4-12(14)10-11-5-8-16-9-6-11/h11-12H,4-10,14H2,1-3H3. The van der Waals surface area contributed by atoms with Gasteiger partial charge in [0, 0.05) is 13.2 Å². The zero-order valence-corrected chi connectivity index (χ0v) is 11.8. The first kappa shape index (κ1) is 14.3. The third-order valence-electron chi connectivity index (χ3n) is 3.65. The molecule has 1 aliphatic rings. The lowest BCUT2D eigenvalue weighted by atomic mass is 9.90. The maximum absolute atomic E-state index is 6.20. The Morgan fingerprint density at radius 3 is 2.56 bits per heavy atom. The summed E-state index contributed by atoms with van der Waals surface area (Å²) < 4.78 is 5.42. The van der Waals surface area contributed by atoms with Gasteiger partial charge in [-0.1, -0.05) is 0 Å². The van der Waals surface area contributed by atoms with Gasteiger partial charge in [0.25, 0.3) is 0 Å². The van der Waals surface area contributed by atoms with Crippen LogP contribution >= 0.6 is 11.8 Å². The minimum Gasteiger partial charge on any atom is -0.379 e. The predicted molar refractivity (Wildman–Crippen MR) is 73.0 cm³/mol. The summed E-state index contributed by atoms with van der Waals surface area (Å²) in [6, 6.07) is 0.363. The fourth-order valence-electron chi connectivity index (χ4n) is 2.16. The Bertz CT molecular complexity index is 190. The fraction of sp³-hybridized carbons (Fsp3) is 1.00. The van der Waals surface area contributed by atoms with Crippen molar-refractivity contribution < 1.29 is 4.74 Å². The first-order chi connectivity index (χ1) is 7.53. The van der Waals surface area contributed by atoms with Crippen LogP contribution in [-0.4, -0.2) is 30.3 Å². The second kappa shape index (κ2) is 6.87. The summed E-state index contributed by atoms with van der Waals surface area (Å²) >= 11 is 2.09. The summed E-state index contributed by atoms with van der Waals surface area (Å²) in [6.07, 6.45) is 6.09. The number of nitrogens with two attached hydrogens (primary N) is 1. The number of hydrogen-bond donors (Lipinski definition) is 1. The molecular formula is C13H27NOS. The van der Waals surface area contributed by atoms with Crippen LogP contribution in [0.4, 0.5) is 0 Å². The minimum absolute atomic E-state index is 0.0139. The highest BCUT2D eigenvalue weighted by atomic mass is 32.2. The topological polar surface area (TPSA) is 35.2 Å². The molecular weight excluding hydrogens is 218 g/mol. The molecule has 96 valence electrons. The molecule has 1 unspecified atom stereocenters. The Hall–Kier alpha value is 0.270. The zero-order chi connectivity index (χ0) is 12.0. The van der Waals surface area contributed by atoms with E-state index >= 15 is 0 Å². The van der Waals surface area contributed by atoms with E-state index in [4.69, 9.17) is 10.5 Å². The SMILES string of the molecule is COC(C)(C)CCC(N)CC1CCSCC1. The number of rotatable bonds is 6. The third kappa shape index (κ3) is 5.55. The lowest BCUT2D eigenvalue weighted by Gasteiger charge is -2.27. The maximum atomic E-state index is 6.20. The Kier molecular flexibility index (Phi) is 6.16. The maximum Gasteiger partial charge on any atom is 0.0623 e. The van der Waals surface area contributed by atoms with E-state index in [0.29, 0.717) is 6.04 Å². The molecule has 1 aliphatic heterocycles. The van der Waals surface area contributed by atoms with Crippen molar-refractivity contribution >= 4 is 11.8 Å². The summed E-state index contributed by atoms with van der Waals surface area (Å²) in [5.41, 5.74) is 6.19. The molecule has 16 heavy (non-hydrogen) atoms. The first-order valence-electron chi connectivity index (χ1n) is 6.42. The normalized spacial score (nSPS) is 21.0. The van der Waals surface area contributed by atoms with Crippen LogP contribution in [0, 0.1) is 5.92 Å². The van der Waals surface area contributed by atoms with Crippen molar-refractivity contribution in [2.45, 2.75) is 57.6 Å². The van der Waals surface area contributed by atoms with Crippen LogP contribution in [-0.2, 0) is 4.74 Å². The van der Waals surface area contributed by atoms with E-state index in [1.54, 1.807) is 7.11 Å². The van der Waals surface area contributed by atoms with Crippen LogP contribution in [0.25, 0.3) is 0 Å². The molecule has 0 aromatic carbocycles. The van der Waals surface area contributed by atoms with E-state index in [1.807, 2.05) is 0 Å². The van der Waals surface area contributed by atoms with E-state index in [9.17, 15) is 0 Å². The van der Waals surface area contributed by atoms with E-state index in [0.717, 1.165) is 18.8 Å². The highest BCUT2D eigenvalue weighted by Gasteiger charge is 2.20. The molecule has 0 aliphatic carbocycles. The van der Waals surface area contributed by atoms with Crippen molar-refractivity contribution in [3.05, 3.63) is 0 Å². The third-order valence-corrected chi connectivity index (χ3v) is 4.70. The smallest absolute Gasteiger partial charge is 0.0623 e. The Morgan fingerprint density at radius 1 is 1.38 bits per heavy atom. The van der Waals surface area contributed by atoms with Gasteiger partial charge in [0.2, 0.25) is 0 Å². The minimum atomic E-state index is -0.0139. The van der Waals surface area contributed by atoms with Gasteiger partial charge < -0.3 is 10.5 Å². The highest BCUT2D eigenvalue weighted by molar-refractivity contribution is 7.99. The van der Waals surface area contributed by atoms with Gasteiger partial charge in [-0.3, -0.25) is 0 Å². The average Bonchev–Trinajstić information content (AvgIpc) is 2.28. The van der Waals surface area contributed by atoms with Crippen molar-refractivity contribution in [2.24, 2.45) is 11.7 Å². The van der Waals surface area contributed by atoms with Crippen molar-refractivity contribution in [1.29, 1.82) is 0 Å². The van der Waals surface area contributed by atoms with Gasteiger partial charge in [0.05, 0.1) is 5.60 Å². The highest BCUT2D eigenvalue weighted by Crippen LogP contribution is 2.27. The molecule has 1 heterocycles. The van der Waals surface area contributed by atoms with Crippen molar-refractivity contribution in [3.63, 3.8) is 0 Å². The zero-order valence-electron chi connectivity index (χ0n) is 11.0. The number of methoxy groups -OCH3 is 1. The van der Waals surface area contributed by atoms with Crippen LogP contribution < -0.4 is 5.73 Å². The summed E-state index contributed by atoms with van der Waals surface area (Å²) in [7, 11) is 1.78. The van der Waals surface area contributed by atoms with E-state index in [-0.39, 0.29) is 5.60 Å². The van der Waals surface area contributed by atoms with Crippen LogP contribution in [0.3, 0.4) is 0 Å². The Balaban J connectivity index is 2.17. The van der Waals surface area contributed by atoms with E-state index in [1.165, 1.54) is 30.8 Å². The predicted octanol–water partition coefficient (Wildman–Crippen LogP) is 3.05. The molecule has 1 rings (SSSR count). The van der Waals surface area contributed by atoms with E-state index in [2.05, 4.69) is 25.6 Å². The quantitative estimate of drug-likeness (QED) is 0.781. The molecule has 2 N–H and O–H groups in total. The van der Waals surface area contributed by atoms with Gasteiger partial charge in [0.15, 0.2) is 0 Å². The van der Waals surface area contributed by atoms with Crippen LogP contribution in [0.2, 0.25) is 0 Å². The van der Waals surface area contributed by atoms with Crippen molar-refractivity contribution in [2.75, 3.05) is 18.6 Å². The van der Waals surface area contributed by atoms with Crippen LogP contribution in [0.1, 0.15) is 46.0 Å². The molecule has 0 bridgehead atoms. The summed E-state index contributed by atoms with van der Waals surface area (Å²) in [5, 5.41) is 0. The monoisotopic (exact) mass is 245 g/mol.